The van der Waals surface area contributed by atoms with Gasteiger partial charge in [-0.3, -0.25) is 5.14 Å². The predicted octanol–water partition coefficient (Wildman–Crippen LogP) is 9.83. The minimum atomic E-state index is 0.554. The molecule has 0 amide bonds. The Morgan fingerprint density at radius 3 is 1.89 bits per heavy atom. The van der Waals surface area contributed by atoms with Gasteiger partial charge in [0.1, 0.15) is 0 Å². The molecular weight excluding hydrogens is 444 g/mol. The summed E-state index contributed by atoms with van der Waals surface area (Å²) in [5.74, 6) is 1.25. The summed E-state index contributed by atoms with van der Waals surface area (Å²) in [6.07, 6.45) is 9.03. The number of nitrogens with one attached hydrogen (secondary N) is 1. The second kappa shape index (κ2) is 28.4. The Bertz CT molecular complexity index is 721. The third-order valence-corrected chi connectivity index (χ3v) is 5.43. The van der Waals surface area contributed by atoms with E-state index in [0.717, 1.165) is 17.9 Å². The fourth-order valence-electron chi connectivity index (χ4n) is 3.16. The van der Waals surface area contributed by atoms with Gasteiger partial charge in [-0.1, -0.05) is 136 Å². The number of nitrogens with two attached hydrogens (primary N) is 1. The molecule has 2 aromatic carbocycles. The Labute approximate surface area is 224 Å². The predicted molar refractivity (Wildman–Crippen MR) is 165 cm³/mol. The Hall–Kier alpha value is -1.81. The van der Waals surface area contributed by atoms with Crippen LogP contribution in [0.15, 0.2) is 83.3 Å². The summed E-state index contributed by atoms with van der Waals surface area (Å²) in [4.78, 5) is 1.11. The minimum Gasteiger partial charge on any atom is -0.319 e. The van der Waals surface area contributed by atoms with E-state index in [2.05, 4.69) is 92.0 Å². The van der Waals surface area contributed by atoms with E-state index in [4.69, 9.17) is 5.14 Å². The molecule has 0 aliphatic heterocycles. The zero-order valence-electron chi connectivity index (χ0n) is 24.7. The van der Waals surface area contributed by atoms with Crippen LogP contribution in [-0.4, -0.2) is 13.6 Å². The van der Waals surface area contributed by atoms with Crippen LogP contribution < -0.4 is 10.5 Å². The smallest absolute Gasteiger partial charge is 0.0226 e. The van der Waals surface area contributed by atoms with Crippen LogP contribution in [0, 0.1) is 5.92 Å². The fourth-order valence-corrected chi connectivity index (χ4v) is 3.45. The van der Waals surface area contributed by atoms with E-state index < -0.39 is 0 Å². The largest absolute Gasteiger partial charge is 0.319 e. The maximum atomic E-state index is 5.40. The van der Waals surface area contributed by atoms with E-state index in [1.54, 1.807) is 5.57 Å². The summed E-state index contributed by atoms with van der Waals surface area (Å²) in [5.41, 5.74) is 4.32. The number of likely N-dealkylation sites (N-methyl/N-ethyl adjacent to an activating group) is 1. The molecule has 1 aliphatic rings. The van der Waals surface area contributed by atoms with Gasteiger partial charge in [-0.2, -0.15) is 0 Å². The molecule has 0 saturated heterocycles. The van der Waals surface area contributed by atoms with Crippen molar-refractivity contribution in [3.8, 4) is 0 Å². The van der Waals surface area contributed by atoms with Crippen LogP contribution in [0.5, 0.6) is 0 Å². The van der Waals surface area contributed by atoms with Gasteiger partial charge in [0.05, 0.1) is 0 Å². The Morgan fingerprint density at radius 1 is 0.886 bits per heavy atom. The van der Waals surface area contributed by atoms with E-state index >= 15 is 0 Å². The molecule has 3 rings (SSSR count). The fraction of sp³-hybridized carbons (Fsp3) is 0.500. The molecule has 1 aliphatic carbocycles. The Morgan fingerprint density at radius 2 is 1.43 bits per heavy atom. The van der Waals surface area contributed by atoms with E-state index in [1.807, 2.05) is 62.4 Å². The highest BCUT2D eigenvalue weighted by Crippen LogP contribution is 2.31. The van der Waals surface area contributed by atoms with Gasteiger partial charge in [0.15, 0.2) is 0 Å². The van der Waals surface area contributed by atoms with E-state index in [0.29, 0.717) is 11.8 Å². The van der Waals surface area contributed by atoms with Crippen LogP contribution in [0.4, 0.5) is 0 Å². The van der Waals surface area contributed by atoms with Crippen LogP contribution in [0.3, 0.4) is 0 Å². The van der Waals surface area contributed by atoms with Crippen LogP contribution in [-0.2, 0) is 6.42 Å². The second-order valence-electron chi connectivity index (χ2n) is 7.06. The topological polar surface area (TPSA) is 38.0 Å². The molecule has 0 aromatic heterocycles. The van der Waals surface area contributed by atoms with Crippen molar-refractivity contribution in [3.05, 3.63) is 89.5 Å². The zero-order chi connectivity index (χ0) is 27.5. The molecule has 2 unspecified atom stereocenters. The van der Waals surface area contributed by atoms with Crippen molar-refractivity contribution in [2.45, 2.75) is 92.9 Å². The standard InChI is InChI=1S/C15H18.C9H14N2S.4C2H6/c1-12-7-6-10-15(11-12)13(2)14-8-4-3-5-9-14;1-11-7-6-8-2-4-9(12-10)5-3-8;4*1-2/h3-10,12-13H,11H2,1-2H3;2-5,11H,6-7,10H2,1H3;4*1-2H3. The molecule has 2 aromatic rings. The highest BCUT2D eigenvalue weighted by Gasteiger charge is 2.14. The lowest BCUT2D eigenvalue weighted by molar-refractivity contribution is 0.662. The Balaban J connectivity index is -0.000000462. The third kappa shape index (κ3) is 18.2. The van der Waals surface area contributed by atoms with Crippen LogP contribution in [0.2, 0.25) is 0 Å². The minimum absolute atomic E-state index is 0.554. The average molecular weight is 501 g/mol. The molecule has 0 spiro atoms. The number of allylic oxidation sites excluding steroid dienone is 4. The highest BCUT2D eigenvalue weighted by atomic mass is 32.2. The lowest BCUT2D eigenvalue weighted by Gasteiger charge is -2.21. The van der Waals surface area contributed by atoms with E-state index in [9.17, 15) is 0 Å². The molecule has 3 N–H and O–H groups in total. The first-order valence-corrected chi connectivity index (χ1v) is 14.5. The maximum absolute atomic E-state index is 5.40. The molecule has 35 heavy (non-hydrogen) atoms. The van der Waals surface area contributed by atoms with Crippen molar-refractivity contribution < 1.29 is 0 Å². The highest BCUT2D eigenvalue weighted by molar-refractivity contribution is 7.97. The zero-order valence-corrected chi connectivity index (χ0v) is 25.5. The monoisotopic (exact) mass is 500 g/mol. The molecular formula is C32H56N2S. The lowest BCUT2D eigenvalue weighted by atomic mass is 9.84. The molecule has 0 bridgehead atoms. The van der Waals surface area contributed by atoms with Crippen molar-refractivity contribution in [1.82, 2.24) is 5.32 Å². The third-order valence-electron chi connectivity index (χ3n) is 4.89. The number of benzene rings is 2. The first-order chi connectivity index (χ1) is 17.1. The summed E-state index contributed by atoms with van der Waals surface area (Å²) < 4.78 is 0. The van der Waals surface area contributed by atoms with Gasteiger partial charge in [0.25, 0.3) is 0 Å². The molecule has 0 fully saturated rings. The molecule has 0 radical (unpaired) electrons. The second-order valence-corrected chi connectivity index (χ2v) is 7.76. The Kier molecular flexibility index (Phi) is 30.6. The van der Waals surface area contributed by atoms with Crippen molar-refractivity contribution in [2.24, 2.45) is 11.1 Å². The van der Waals surface area contributed by atoms with Gasteiger partial charge in [0.2, 0.25) is 0 Å². The molecule has 3 heteroatoms. The van der Waals surface area contributed by atoms with Gasteiger partial charge in [0, 0.05) is 10.8 Å². The summed E-state index contributed by atoms with van der Waals surface area (Å²) >= 11 is 1.29. The van der Waals surface area contributed by atoms with E-state index in [1.165, 1.54) is 29.5 Å². The lowest BCUT2D eigenvalue weighted by Crippen LogP contribution is -2.10. The number of hydrogen-bond donors (Lipinski definition) is 2. The molecule has 0 saturated carbocycles. The summed E-state index contributed by atoms with van der Waals surface area (Å²) in [6, 6.07) is 19.1. The van der Waals surface area contributed by atoms with Gasteiger partial charge in [-0.05, 0) is 67.6 Å². The quantitative estimate of drug-likeness (QED) is 0.387. The van der Waals surface area contributed by atoms with Crippen molar-refractivity contribution in [3.63, 3.8) is 0 Å². The van der Waals surface area contributed by atoms with Crippen molar-refractivity contribution in [2.75, 3.05) is 13.6 Å². The summed E-state index contributed by atoms with van der Waals surface area (Å²) in [6.45, 7) is 21.6. The number of hydrogen-bond acceptors (Lipinski definition) is 3. The molecule has 2 atom stereocenters. The van der Waals surface area contributed by atoms with Gasteiger partial charge in [-0.25, -0.2) is 0 Å². The number of rotatable bonds is 6. The first-order valence-electron chi connectivity index (χ1n) is 13.7. The van der Waals surface area contributed by atoms with E-state index in [-0.39, 0.29) is 0 Å². The summed E-state index contributed by atoms with van der Waals surface area (Å²) in [5, 5.41) is 8.52. The van der Waals surface area contributed by atoms with Crippen molar-refractivity contribution >= 4 is 11.9 Å². The van der Waals surface area contributed by atoms with Crippen LogP contribution >= 0.6 is 11.9 Å². The summed E-state index contributed by atoms with van der Waals surface area (Å²) in [7, 11) is 1.96. The molecule has 0 heterocycles. The molecule has 200 valence electrons. The maximum Gasteiger partial charge on any atom is 0.0226 e. The molecule has 2 nitrogen and oxygen atoms in total. The van der Waals surface area contributed by atoms with Crippen molar-refractivity contribution in [1.29, 1.82) is 0 Å². The SMILES string of the molecule is CC.CC.CC.CC.CC1C=CC=C(C(C)c2ccccc2)C1.CNCCc1ccc(SN)cc1. The first kappa shape index (κ1) is 37.7. The van der Waals surface area contributed by atoms with Crippen LogP contribution in [0.25, 0.3) is 0 Å². The van der Waals surface area contributed by atoms with Crippen LogP contribution in [0.1, 0.15) is 92.7 Å². The average Bonchev–Trinajstić information content (AvgIpc) is 2.97. The van der Waals surface area contributed by atoms with Gasteiger partial charge in [-0.15, -0.1) is 0 Å². The van der Waals surface area contributed by atoms with Gasteiger partial charge >= 0.3 is 0 Å². The van der Waals surface area contributed by atoms with Gasteiger partial charge < -0.3 is 5.32 Å². The normalized spacial score (nSPS) is 13.7.